The van der Waals surface area contributed by atoms with Crippen LogP contribution in [0.2, 0.25) is 0 Å². The Morgan fingerprint density at radius 1 is 1.34 bits per heavy atom. The molecule has 1 unspecified atom stereocenters. The number of halogens is 2. The van der Waals surface area contributed by atoms with E-state index in [-0.39, 0.29) is 29.6 Å². The minimum atomic E-state index is -3.17. The number of nitriles is 1. The Labute approximate surface area is 201 Å². The molecule has 1 aliphatic rings. The lowest BCUT2D eigenvalue weighted by molar-refractivity contribution is -0.0502. The van der Waals surface area contributed by atoms with E-state index in [4.69, 9.17) is 9.47 Å². The number of aliphatic hydroxyl groups excluding tert-OH is 1. The van der Waals surface area contributed by atoms with Gasteiger partial charge in [0.2, 0.25) is 0 Å². The van der Waals surface area contributed by atoms with Gasteiger partial charge >= 0.3 is 6.61 Å². The number of ether oxygens (including phenoxy) is 2. The molecule has 2 N–H and O–H groups in total. The Kier molecular flexibility index (Phi) is 6.63. The van der Waals surface area contributed by atoms with E-state index >= 15 is 0 Å². The molecule has 2 aromatic heterocycles. The number of methoxy groups -OCH3 is 1. The molecule has 184 valence electrons. The Hall–Kier alpha value is -3.71. The highest BCUT2D eigenvalue weighted by atomic mass is 19.3. The number of rotatable bonds is 9. The number of benzene rings is 1. The van der Waals surface area contributed by atoms with Gasteiger partial charge < -0.3 is 19.9 Å². The molecule has 8 nitrogen and oxygen atoms in total. The van der Waals surface area contributed by atoms with Crippen LogP contribution in [-0.4, -0.2) is 46.8 Å². The van der Waals surface area contributed by atoms with Gasteiger partial charge in [-0.05, 0) is 62.4 Å². The van der Waals surface area contributed by atoms with Gasteiger partial charge in [-0.15, -0.1) is 0 Å². The van der Waals surface area contributed by atoms with Gasteiger partial charge in [0.25, 0.3) is 5.91 Å². The van der Waals surface area contributed by atoms with Gasteiger partial charge in [-0.1, -0.05) is 0 Å². The van der Waals surface area contributed by atoms with Crippen LogP contribution in [0.5, 0.6) is 11.5 Å². The molecule has 1 amide bonds. The second-order valence-corrected chi connectivity index (χ2v) is 9.05. The van der Waals surface area contributed by atoms with Gasteiger partial charge in [-0.2, -0.15) is 14.0 Å². The second kappa shape index (κ2) is 9.50. The maximum absolute atomic E-state index is 13.3. The van der Waals surface area contributed by atoms with Crippen LogP contribution >= 0.6 is 0 Å². The zero-order chi connectivity index (χ0) is 25.3. The number of pyridine rings is 1. The van der Waals surface area contributed by atoms with Gasteiger partial charge in [0.1, 0.15) is 22.7 Å². The molecule has 10 heteroatoms. The molecular formula is C25H26F2N4O4. The summed E-state index contributed by atoms with van der Waals surface area (Å²) in [5.41, 5.74) is 1.45. The van der Waals surface area contributed by atoms with Crippen LogP contribution < -0.4 is 14.8 Å². The van der Waals surface area contributed by atoms with Crippen LogP contribution in [0.1, 0.15) is 42.6 Å². The minimum absolute atomic E-state index is 0.0420. The Balaban J connectivity index is 1.78. The number of alkyl halides is 2. The number of imidazole rings is 1. The van der Waals surface area contributed by atoms with E-state index in [1.54, 1.807) is 48.8 Å². The van der Waals surface area contributed by atoms with Crippen molar-refractivity contribution in [3.05, 3.63) is 47.8 Å². The number of hydrogen-bond acceptors (Lipinski definition) is 6. The molecule has 0 aliphatic heterocycles. The van der Waals surface area contributed by atoms with Crippen molar-refractivity contribution >= 4 is 11.6 Å². The standard InChI is InChI=1S/C25H26F2N4O4/c1-25(2,13-28)16-6-7-31-18(11-29-21(31)10-16)15-8-19(34-3)22(20(9-15)35-24(26)27)23(33)30-17(12-32)14-4-5-14/h6-11,14,17,24,32H,4-5,12H2,1-3H3,(H,30,33). The highest BCUT2D eigenvalue weighted by molar-refractivity contribution is 6.01. The maximum Gasteiger partial charge on any atom is 0.387 e. The molecule has 1 fully saturated rings. The number of amides is 1. The summed E-state index contributed by atoms with van der Waals surface area (Å²) in [7, 11) is 1.33. The lowest BCUT2D eigenvalue weighted by Crippen LogP contribution is -2.39. The third-order valence-corrected chi connectivity index (χ3v) is 6.24. The van der Waals surface area contributed by atoms with Crippen molar-refractivity contribution in [3.8, 4) is 28.8 Å². The zero-order valence-electron chi connectivity index (χ0n) is 19.6. The summed E-state index contributed by atoms with van der Waals surface area (Å²) >= 11 is 0. The summed E-state index contributed by atoms with van der Waals surface area (Å²) in [5, 5.41) is 21.7. The number of nitrogens with one attached hydrogen (secondary N) is 1. The fraction of sp³-hybridized carbons (Fsp3) is 0.400. The van der Waals surface area contributed by atoms with Gasteiger partial charge in [-0.3, -0.25) is 9.20 Å². The van der Waals surface area contributed by atoms with Crippen LogP contribution in [0.15, 0.2) is 36.7 Å². The van der Waals surface area contributed by atoms with Crippen molar-refractivity contribution < 1.29 is 28.2 Å². The molecule has 4 rings (SSSR count). The molecule has 1 aromatic carbocycles. The average Bonchev–Trinajstić information content (AvgIpc) is 3.59. The third kappa shape index (κ3) is 4.91. The van der Waals surface area contributed by atoms with Gasteiger partial charge in [-0.25, -0.2) is 4.98 Å². The zero-order valence-corrected chi connectivity index (χ0v) is 19.6. The number of carbonyl (C=O) groups excluding carboxylic acids is 1. The fourth-order valence-corrected chi connectivity index (χ4v) is 4.01. The first-order valence-electron chi connectivity index (χ1n) is 11.2. The van der Waals surface area contributed by atoms with Crippen molar-refractivity contribution in [1.82, 2.24) is 14.7 Å². The monoisotopic (exact) mass is 484 g/mol. The normalized spacial score (nSPS) is 14.6. The minimum Gasteiger partial charge on any atom is -0.496 e. The van der Waals surface area contributed by atoms with Crippen LogP contribution in [0.25, 0.3) is 16.9 Å². The van der Waals surface area contributed by atoms with Crippen LogP contribution in [0.3, 0.4) is 0 Å². The smallest absolute Gasteiger partial charge is 0.387 e. The van der Waals surface area contributed by atoms with E-state index in [0.717, 1.165) is 18.4 Å². The summed E-state index contributed by atoms with van der Waals surface area (Å²) in [6.45, 7) is 0.177. The van der Waals surface area contributed by atoms with Crippen molar-refractivity contribution in [1.29, 1.82) is 5.26 Å². The quantitative estimate of drug-likeness (QED) is 0.477. The second-order valence-electron chi connectivity index (χ2n) is 9.05. The third-order valence-electron chi connectivity index (χ3n) is 6.24. The number of fused-ring (bicyclic) bond motifs is 1. The first-order chi connectivity index (χ1) is 16.7. The molecule has 3 aromatic rings. The predicted molar refractivity (Wildman–Crippen MR) is 124 cm³/mol. The van der Waals surface area contributed by atoms with Crippen LogP contribution in [0, 0.1) is 17.2 Å². The van der Waals surface area contributed by atoms with Gasteiger partial charge in [0, 0.05) is 11.8 Å². The molecule has 1 aliphatic carbocycles. The molecule has 2 heterocycles. The van der Waals surface area contributed by atoms with Crippen molar-refractivity contribution in [2.24, 2.45) is 5.92 Å². The number of hydrogen-bond donors (Lipinski definition) is 2. The molecule has 35 heavy (non-hydrogen) atoms. The first-order valence-corrected chi connectivity index (χ1v) is 11.2. The molecule has 0 radical (unpaired) electrons. The Bertz CT molecular complexity index is 1290. The topological polar surface area (TPSA) is 109 Å². The van der Waals surface area contributed by atoms with Gasteiger partial charge in [0.05, 0.1) is 43.1 Å². The summed E-state index contributed by atoms with van der Waals surface area (Å²) in [4.78, 5) is 17.4. The molecule has 1 atom stereocenters. The van der Waals surface area contributed by atoms with E-state index in [1.165, 1.54) is 13.2 Å². The largest absolute Gasteiger partial charge is 0.496 e. The molecule has 0 saturated heterocycles. The highest BCUT2D eigenvalue weighted by Crippen LogP contribution is 2.38. The molecule has 0 bridgehead atoms. The van der Waals surface area contributed by atoms with Crippen LogP contribution in [-0.2, 0) is 5.41 Å². The van der Waals surface area contributed by atoms with E-state index < -0.39 is 24.0 Å². The SMILES string of the molecule is COc1cc(-c2cnc3cc(C(C)(C)C#N)ccn23)cc(OC(F)F)c1C(=O)NC(CO)C1CC1. The average molecular weight is 485 g/mol. The molecule has 1 saturated carbocycles. The molecular weight excluding hydrogens is 458 g/mol. The number of aromatic nitrogens is 2. The Morgan fingerprint density at radius 2 is 2.06 bits per heavy atom. The van der Waals surface area contributed by atoms with E-state index in [1.807, 2.05) is 0 Å². The van der Waals surface area contributed by atoms with E-state index in [2.05, 4.69) is 16.4 Å². The lowest BCUT2D eigenvalue weighted by Gasteiger charge is -2.20. The summed E-state index contributed by atoms with van der Waals surface area (Å²) in [5.74, 6) is -0.823. The summed E-state index contributed by atoms with van der Waals surface area (Å²) in [6, 6.07) is 8.25. The predicted octanol–water partition coefficient (Wildman–Crippen LogP) is 3.91. The summed E-state index contributed by atoms with van der Waals surface area (Å²) < 4.78 is 38.5. The van der Waals surface area contributed by atoms with E-state index in [9.17, 15) is 23.9 Å². The van der Waals surface area contributed by atoms with Gasteiger partial charge in [0.15, 0.2) is 0 Å². The van der Waals surface area contributed by atoms with Crippen molar-refractivity contribution in [3.63, 3.8) is 0 Å². The Morgan fingerprint density at radius 3 is 2.66 bits per heavy atom. The van der Waals surface area contributed by atoms with Crippen LogP contribution in [0.4, 0.5) is 8.78 Å². The maximum atomic E-state index is 13.3. The number of nitrogens with zero attached hydrogens (tertiary/aromatic N) is 3. The fourth-order valence-electron chi connectivity index (χ4n) is 4.01. The molecule has 0 spiro atoms. The van der Waals surface area contributed by atoms with Crippen molar-refractivity contribution in [2.75, 3.05) is 13.7 Å². The number of carbonyl (C=O) groups is 1. The first kappa shape index (κ1) is 24.4. The summed E-state index contributed by atoms with van der Waals surface area (Å²) in [6.07, 6.45) is 5.06. The number of aliphatic hydroxyl groups is 1. The lowest BCUT2D eigenvalue weighted by atomic mass is 9.87. The highest BCUT2D eigenvalue weighted by Gasteiger charge is 2.33. The van der Waals surface area contributed by atoms with Crippen molar-refractivity contribution in [2.45, 2.75) is 44.8 Å². The van der Waals surface area contributed by atoms with E-state index in [0.29, 0.717) is 16.9 Å².